The van der Waals surface area contributed by atoms with Crippen LogP contribution in [0.1, 0.15) is 24.1 Å². The van der Waals surface area contributed by atoms with Gasteiger partial charge >= 0.3 is 6.09 Å². The predicted octanol–water partition coefficient (Wildman–Crippen LogP) is 3.90. The van der Waals surface area contributed by atoms with Gasteiger partial charge in [0, 0.05) is 51.4 Å². The molecule has 0 radical (unpaired) electrons. The van der Waals surface area contributed by atoms with E-state index in [0.29, 0.717) is 25.0 Å². The molecule has 15 heteroatoms. The molecule has 13 nitrogen and oxygen atoms in total. The number of imidazole rings is 1. The van der Waals surface area contributed by atoms with Gasteiger partial charge in [0.25, 0.3) is 5.92 Å². The van der Waals surface area contributed by atoms with E-state index in [1.807, 2.05) is 19.0 Å². The minimum absolute atomic E-state index is 0.119. The van der Waals surface area contributed by atoms with Crippen molar-refractivity contribution in [1.82, 2.24) is 34.2 Å². The third-order valence-electron chi connectivity index (χ3n) is 6.45. The minimum Gasteiger partial charge on any atom is -0.465 e. The van der Waals surface area contributed by atoms with Crippen LogP contribution in [0, 0.1) is 11.3 Å². The van der Waals surface area contributed by atoms with Gasteiger partial charge in [0.05, 0.1) is 6.20 Å². The predicted molar refractivity (Wildman–Crippen MR) is 140 cm³/mol. The van der Waals surface area contributed by atoms with Crippen LogP contribution in [-0.4, -0.2) is 72.6 Å². The number of pyridine rings is 2. The molecule has 0 bridgehead atoms. The summed E-state index contributed by atoms with van der Waals surface area (Å²) >= 11 is 0. The summed E-state index contributed by atoms with van der Waals surface area (Å²) in [6, 6.07) is 6.41. The molecule has 0 aliphatic carbocycles. The summed E-state index contributed by atoms with van der Waals surface area (Å²) in [5, 5.41) is 26.8. The van der Waals surface area contributed by atoms with E-state index in [0.717, 1.165) is 4.90 Å². The molecule has 0 fully saturated rings. The summed E-state index contributed by atoms with van der Waals surface area (Å²) in [7, 11) is 5.31. The van der Waals surface area contributed by atoms with Crippen molar-refractivity contribution in [3.8, 4) is 17.6 Å². The van der Waals surface area contributed by atoms with Crippen LogP contribution in [0.25, 0.3) is 11.2 Å². The number of nitrogens with zero attached hydrogens (tertiary/aromatic N) is 9. The summed E-state index contributed by atoms with van der Waals surface area (Å²) in [6.07, 6.45) is 1.69. The summed E-state index contributed by atoms with van der Waals surface area (Å²) in [5.74, 6) is -1.97. The number of likely N-dealkylation sites (N-methyl/N-ethyl adjacent to an activating group) is 1. The van der Waals surface area contributed by atoms with Gasteiger partial charge in [-0.15, -0.1) is 0 Å². The number of amides is 1. The highest BCUT2D eigenvalue weighted by atomic mass is 19.3. The average molecular weight is 553 g/mol. The number of carboxylic acid groups (broad SMARTS) is 1. The summed E-state index contributed by atoms with van der Waals surface area (Å²) in [6.45, 7) is 1.07. The number of alkyl halides is 2. The maximum absolute atomic E-state index is 14.3. The topological polar surface area (TPSA) is 150 Å². The first kappa shape index (κ1) is 26.8. The van der Waals surface area contributed by atoms with Gasteiger partial charge in [0.2, 0.25) is 5.95 Å². The van der Waals surface area contributed by atoms with Crippen molar-refractivity contribution in [3.63, 3.8) is 0 Å². The molecule has 0 saturated heterocycles. The molecule has 40 heavy (non-hydrogen) atoms. The fourth-order valence-electron chi connectivity index (χ4n) is 4.43. The van der Waals surface area contributed by atoms with E-state index in [-0.39, 0.29) is 59.0 Å². The standard InChI is InChI=1S/C25H26F2N10O3/c1-34(2)9-10-36(24(38)39)20-11-15(5-7-29-20)40-17-14-30-22-21(16(17)13-28)35(3)23(32-22)31-19-12-18-25(26,27)6-4-8-37(18)33-19/h5,7,11-12,14H,4,6,8-10H2,1-3H3,(H,38,39)(H,30,31,32,33). The third kappa shape index (κ3) is 5.08. The van der Waals surface area contributed by atoms with Gasteiger partial charge in [-0.25, -0.2) is 14.8 Å². The van der Waals surface area contributed by atoms with Gasteiger partial charge in [-0.2, -0.15) is 24.1 Å². The van der Waals surface area contributed by atoms with Crippen LogP contribution in [0.5, 0.6) is 11.5 Å². The number of rotatable bonds is 8. The Hall–Kier alpha value is -4.84. The molecule has 5 heterocycles. The molecular weight excluding hydrogens is 526 g/mol. The minimum atomic E-state index is -2.96. The maximum Gasteiger partial charge on any atom is 0.413 e. The van der Waals surface area contributed by atoms with Crippen LogP contribution in [0.15, 0.2) is 30.6 Å². The molecule has 0 saturated carbocycles. The Morgan fingerprint density at radius 3 is 2.80 bits per heavy atom. The molecule has 0 aromatic carbocycles. The van der Waals surface area contributed by atoms with E-state index in [2.05, 4.69) is 31.4 Å². The zero-order valence-corrected chi connectivity index (χ0v) is 22.0. The van der Waals surface area contributed by atoms with E-state index >= 15 is 0 Å². The SMILES string of the molecule is CN(C)CCN(C(=O)O)c1cc(Oc2cnc3nc(Nc4cc5n(n4)CCCC5(F)F)n(C)c3c2C#N)ccn1. The van der Waals surface area contributed by atoms with Gasteiger partial charge < -0.3 is 24.6 Å². The monoisotopic (exact) mass is 552 g/mol. The van der Waals surface area contributed by atoms with Crippen molar-refractivity contribution in [2.45, 2.75) is 25.3 Å². The molecule has 4 aromatic rings. The summed E-state index contributed by atoms with van der Waals surface area (Å²) in [4.78, 5) is 27.6. The maximum atomic E-state index is 14.3. The lowest BCUT2D eigenvalue weighted by Crippen LogP contribution is -2.36. The average Bonchev–Trinajstić information content (AvgIpc) is 3.46. The summed E-state index contributed by atoms with van der Waals surface area (Å²) in [5.41, 5.74) is 0.555. The second kappa shape index (κ2) is 10.4. The number of nitrogens with one attached hydrogen (secondary N) is 1. The molecule has 0 unspecified atom stereocenters. The molecule has 2 N–H and O–H groups in total. The number of carbonyl (C=O) groups is 1. The Balaban J connectivity index is 1.44. The Kier molecular flexibility index (Phi) is 6.94. The number of anilines is 3. The highest BCUT2D eigenvalue weighted by Crippen LogP contribution is 2.38. The molecule has 0 atom stereocenters. The number of nitriles is 1. The van der Waals surface area contributed by atoms with Gasteiger partial charge in [-0.3, -0.25) is 9.58 Å². The Labute approximate surface area is 227 Å². The van der Waals surface area contributed by atoms with Gasteiger partial charge in [0.15, 0.2) is 17.2 Å². The smallest absolute Gasteiger partial charge is 0.413 e. The lowest BCUT2D eigenvalue weighted by molar-refractivity contribution is -0.0364. The zero-order valence-electron chi connectivity index (χ0n) is 22.0. The molecule has 5 rings (SSSR count). The van der Waals surface area contributed by atoms with Crippen molar-refractivity contribution in [2.75, 3.05) is 37.4 Å². The van der Waals surface area contributed by atoms with Crippen molar-refractivity contribution >= 4 is 34.8 Å². The number of hydrogen-bond acceptors (Lipinski definition) is 9. The number of hydrogen-bond donors (Lipinski definition) is 2. The van der Waals surface area contributed by atoms with Crippen LogP contribution in [0.4, 0.5) is 31.2 Å². The number of aromatic nitrogens is 6. The summed E-state index contributed by atoms with van der Waals surface area (Å²) < 4.78 is 37.4. The molecule has 1 aliphatic heterocycles. The molecule has 0 spiro atoms. The number of aryl methyl sites for hydroxylation is 2. The fraction of sp³-hybridized carbons (Fsp3) is 0.360. The van der Waals surface area contributed by atoms with Crippen molar-refractivity contribution in [2.24, 2.45) is 7.05 Å². The molecule has 1 aliphatic rings. The van der Waals surface area contributed by atoms with E-state index in [9.17, 15) is 23.9 Å². The zero-order chi connectivity index (χ0) is 28.6. The van der Waals surface area contributed by atoms with E-state index < -0.39 is 12.0 Å². The first-order valence-corrected chi connectivity index (χ1v) is 12.3. The number of ether oxygens (including phenoxy) is 1. The third-order valence-corrected chi connectivity index (χ3v) is 6.45. The second-order valence-corrected chi connectivity index (χ2v) is 9.54. The molecule has 1 amide bonds. The van der Waals surface area contributed by atoms with E-state index in [1.54, 1.807) is 11.6 Å². The second-order valence-electron chi connectivity index (χ2n) is 9.54. The van der Waals surface area contributed by atoms with Crippen LogP contribution in [-0.2, 0) is 19.5 Å². The van der Waals surface area contributed by atoms with Crippen molar-refractivity contribution in [3.05, 3.63) is 41.9 Å². The molecule has 4 aromatic heterocycles. The van der Waals surface area contributed by atoms with E-state index in [4.69, 9.17) is 4.74 Å². The fourth-order valence-corrected chi connectivity index (χ4v) is 4.43. The quantitative estimate of drug-likeness (QED) is 0.329. The van der Waals surface area contributed by atoms with Gasteiger partial charge in [0.1, 0.15) is 34.4 Å². The lowest BCUT2D eigenvalue weighted by Gasteiger charge is -2.22. The normalized spacial score (nSPS) is 14.1. The Morgan fingerprint density at radius 1 is 1.30 bits per heavy atom. The first-order chi connectivity index (χ1) is 19.1. The van der Waals surface area contributed by atoms with Crippen LogP contribution in [0.2, 0.25) is 0 Å². The first-order valence-electron chi connectivity index (χ1n) is 12.3. The Bertz CT molecular complexity index is 1630. The largest absolute Gasteiger partial charge is 0.465 e. The van der Waals surface area contributed by atoms with Crippen molar-refractivity contribution < 1.29 is 23.4 Å². The van der Waals surface area contributed by atoms with Gasteiger partial charge in [-0.05, 0) is 26.6 Å². The molecule has 208 valence electrons. The highest BCUT2D eigenvalue weighted by Gasteiger charge is 2.38. The van der Waals surface area contributed by atoms with E-state index in [1.165, 1.54) is 35.3 Å². The molecular formula is C25H26F2N10O3. The van der Waals surface area contributed by atoms with Crippen LogP contribution < -0.4 is 15.0 Å². The van der Waals surface area contributed by atoms with Gasteiger partial charge in [-0.1, -0.05) is 0 Å². The Morgan fingerprint density at radius 2 is 2.10 bits per heavy atom. The highest BCUT2D eigenvalue weighted by molar-refractivity contribution is 5.85. The lowest BCUT2D eigenvalue weighted by atomic mass is 10.1. The van der Waals surface area contributed by atoms with Crippen LogP contribution >= 0.6 is 0 Å². The van der Waals surface area contributed by atoms with Crippen molar-refractivity contribution in [1.29, 1.82) is 5.26 Å². The number of halogens is 2. The number of fused-ring (bicyclic) bond motifs is 2. The van der Waals surface area contributed by atoms with Crippen LogP contribution in [0.3, 0.4) is 0 Å².